The molecule has 0 atom stereocenters. The van der Waals surface area contributed by atoms with E-state index in [1.807, 2.05) is 4.68 Å². The first kappa shape index (κ1) is 18.1. The highest BCUT2D eigenvalue weighted by molar-refractivity contribution is 7.90. The minimum absolute atomic E-state index is 0.126. The number of ether oxygens (including phenoxy) is 1. The fourth-order valence-electron chi connectivity index (χ4n) is 2.30. The van der Waals surface area contributed by atoms with Crippen LogP contribution in [0.25, 0.3) is 0 Å². The van der Waals surface area contributed by atoms with Crippen molar-refractivity contribution >= 4 is 9.84 Å². The summed E-state index contributed by atoms with van der Waals surface area (Å²) in [5.74, 6) is 0.126. The molecule has 21 heavy (non-hydrogen) atoms. The van der Waals surface area contributed by atoms with Crippen LogP contribution in [0.1, 0.15) is 30.8 Å². The monoisotopic (exact) mass is 317 g/mol. The molecule has 1 heterocycles. The van der Waals surface area contributed by atoms with Gasteiger partial charge in [0.25, 0.3) is 0 Å². The van der Waals surface area contributed by atoms with Crippen LogP contribution in [0.2, 0.25) is 0 Å². The molecule has 0 spiro atoms. The molecule has 122 valence electrons. The Kier molecular flexibility index (Phi) is 7.34. The fraction of sp³-hybridized carbons (Fsp3) is 0.786. The third kappa shape index (κ3) is 5.76. The number of aryl methyl sites for hydroxylation is 2. The summed E-state index contributed by atoms with van der Waals surface area (Å²) in [6.45, 7) is 6.78. The van der Waals surface area contributed by atoms with Crippen molar-refractivity contribution in [3.63, 3.8) is 0 Å². The largest absolute Gasteiger partial charge is 0.383 e. The van der Waals surface area contributed by atoms with E-state index in [1.54, 1.807) is 7.11 Å². The molecule has 6 nitrogen and oxygen atoms in total. The molecule has 0 aliphatic heterocycles. The zero-order valence-electron chi connectivity index (χ0n) is 13.5. The number of nitrogens with one attached hydrogen (secondary N) is 1. The third-order valence-corrected chi connectivity index (χ3v) is 4.30. The van der Waals surface area contributed by atoms with Gasteiger partial charge in [0.2, 0.25) is 0 Å². The minimum atomic E-state index is -2.97. The summed E-state index contributed by atoms with van der Waals surface area (Å²) in [7, 11) is -1.29. The van der Waals surface area contributed by atoms with Crippen LogP contribution in [0.15, 0.2) is 0 Å². The molecule has 1 rings (SSSR count). The van der Waals surface area contributed by atoms with E-state index in [1.165, 1.54) is 11.8 Å². The number of aromatic nitrogens is 2. The lowest BCUT2D eigenvalue weighted by Gasteiger charge is -2.08. The Morgan fingerprint density at radius 1 is 1.29 bits per heavy atom. The summed E-state index contributed by atoms with van der Waals surface area (Å²) >= 11 is 0. The quantitative estimate of drug-likeness (QED) is 0.646. The average Bonchev–Trinajstić information content (AvgIpc) is 2.77. The van der Waals surface area contributed by atoms with Crippen molar-refractivity contribution in [1.29, 1.82) is 0 Å². The molecule has 1 N–H and O–H groups in total. The number of sulfone groups is 1. The Balaban J connectivity index is 2.87. The van der Waals surface area contributed by atoms with Crippen LogP contribution in [0, 0.1) is 0 Å². The van der Waals surface area contributed by atoms with E-state index in [-0.39, 0.29) is 5.75 Å². The van der Waals surface area contributed by atoms with Crippen molar-refractivity contribution in [2.24, 2.45) is 0 Å². The van der Waals surface area contributed by atoms with Crippen molar-refractivity contribution in [2.45, 2.75) is 39.8 Å². The van der Waals surface area contributed by atoms with Gasteiger partial charge in [-0.2, -0.15) is 5.10 Å². The molecule has 0 aliphatic rings. The summed E-state index contributed by atoms with van der Waals surface area (Å²) < 4.78 is 29.6. The number of rotatable bonds is 10. The summed E-state index contributed by atoms with van der Waals surface area (Å²) in [4.78, 5) is 0. The molecule has 0 amide bonds. The highest BCUT2D eigenvalue weighted by Gasteiger charge is 2.16. The van der Waals surface area contributed by atoms with Gasteiger partial charge in [-0.3, -0.25) is 4.68 Å². The van der Waals surface area contributed by atoms with Gasteiger partial charge in [-0.1, -0.05) is 13.8 Å². The van der Waals surface area contributed by atoms with E-state index >= 15 is 0 Å². The fourth-order valence-corrected chi connectivity index (χ4v) is 2.80. The lowest BCUT2D eigenvalue weighted by atomic mass is 10.1. The molecule has 0 aliphatic carbocycles. The first-order chi connectivity index (χ1) is 9.92. The predicted molar refractivity (Wildman–Crippen MR) is 84.3 cm³/mol. The molecule has 0 bridgehead atoms. The molecule has 0 saturated heterocycles. The highest BCUT2D eigenvalue weighted by Crippen LogP contribution is 2.16. The molecule has 7 heteroatoms. The second kappa shape index (κ2) is 8.51. The maximum atomic E-state index is 11.3. The van der Waals surface area contributed by atoms with Gasteiger partial charge in [0.05, 0.1) is 24.6 Å². The molecular weight excluding hydrogens is 290 g/mol. The van der Waals surface area contributed by atoms with Gasteiger partial charge in [0.1, 0.15) is 9.84 Å². The molecule has 0 aromatic carbocycles. The molecule has 0 fully saturated rings. The number of methoxy groups -OCH3 is 1. The van der Waals surface area contributed by atoms with E-state index in [4.69, 9.17) is 4.74 Å². The van der Waals surface area contributed by atoms with E-state index in [0.717, 1.165) is 37.3 Å². The van der Waals surface area contributed by atoms with Gasteiger partial charge in [0.15, 0.2) is 0 Å². The first-order valence-electron chi connectivity index (χ1n) is 7.37. The second-order valence-corrected chi connectivity index (χ2v) is 7.36. The van der Waals surface area contributed by atoms with Crippen LogP contribution >= 0.6 is 0 Å². The summed E-state index contributed by atoms with van der Waals surface area (Å²) in [6, 6.07) is 0. The van der Waals surface area contributed by atoms with E-state index in [9.17, 15) is 8.42 Å². The van der Waals surface area contributed by atoms with Crippen LogP contribution in [0.4, 0.5) is 0 Å². The summed E-state index contributed by atoms with van der Waals surface area (Å²) in [6.07, 6.45) is 2.95. The number of hydrogen-bond donors (Lipinski definition) is 1. The number of hydrogen-bond acceptors (Lipinski definition) is 5. The molecule has 0 radical (unpaired) electrons. The zero-order valence-corrected chi connectivity index (χ0v) is 14.3. The second-order valence-electron chi connectivity index (χ2n) is 5.10. The highest BCUT2D eigenvalue weighted by atomic mass is 32.2. The van der Waals surface area contributed by atoms with Crippen LogP contribution < -0.4 is 5.32 Å². The maximum absolute atomic E-state index is 11.3. The lowest BCUT2D eigenvalue weighted by molar-refractivity contribution is 0.199. The van der Waals surface area contributed by atoms with Gasteiger partial charge >= 0.3 is 0 Å². The summed E-state index contributed by atoms with van der Waals surface area (Å²) in [5, 5.41) is 7.92. The van der Waals surface area contributed by atoms with Crippen LogP contribution in [0.3, 0.4) is 0 Å². The minimum Gasteiger partial charge on any atom is -0.383 e. The average molecular weight is 317 g/mol. The molecule has 0 unspecified atom stereocenters. The van der Waals surface area contributed by atoms with Crippen molar-refractivity contribution in [3.8, 4) is 0 Å². The maximum Gasteiger partial charge on any atom is 0.149 e. The smallest absolute Gasteiger partial charge is 0.149 e. The Hall–Kier alpha value is -0.920. The normalized spacial score (nSPS) is 12.0. The topological polar surface area (TPSA) is 73.2 Å². The van der Waals surface area contributed by atoms with Crippen LogP contribution in [-0.4, -0.2) is 50.5 Å². The van der Waals surface area contributed by atoms with E-state index in [2.05, 4.69) is 24.3 Å². The Bertz CT molecular complexity index is 538. The molecule has 1 aromatic rings. The van der Waals surface area contributed by atoms with E-state index in [0.29, 0.717) is 13.2 Å². The van der Waals surface area contributed by atoms with Crippen molar-refractivity contribution in [1.82, 2.24) is 15.1 Å². The van der Waals surface area contributed by atoms with Crippen LogP contribution in [-0.2, 0) is 40.5 Å². The van der Waals surface area contributed by atoms with Crippen LogP contribution in [0.5, 0.6) is 0 Å². The van der Waals surface area contributed by atoms with E-state index < -0.39 is 9.84 Å². The van der Waals surface area contributed by atoms with Gasteiger partial charge in [-0.25, -0.2) is 8.42 Å². The Labute approximate surface area is 127 Å². The molecule has 1 aromatic heterocycles. The molecule has 0 saturated carbocycles. The van der Waals surface area contributed by atoms with Crippen molar-refractivity contribution < 1.29 is 13.2 Å². The molecular formula is C14H27N3O3S. The lowest BCUT2D eigenvalue weighted by Crippen LogP contribution is -2.20. The third-order valence-electron chi connectivity index (χ3n) is 3.38. The Morgan fingerprint density at radius 3 is 2.52 bits per heavy atom. The number of nitrogens with zero attached hydrogens (tertiary/aromatic N) is 2. The van der Waals surface area contributed by atoms with Crippen molar-refractivity contribution in [3.05, 3.63) is 17.0 Å². The Morgan fingerprint density at radius 2 is 2.00 bits per heavy atom. The predicted octanol–water partition coefficient (Wildman–Crippen LogP) is 0.789. The first-order valence-corrected chi connectivity index (χ1v) is 9.43. The van der Waals surface area contributed by atoms with Crippen molar-refractivity contribution in [2.75, 3.05) is 32.3 Å². The van der Waals surface area contributed by atoms with Gasteiger partial charge in [0, 0.05) is 37.7 Å². The standard InChI is InChI=1S/C14H27N3O3S/c1-5-13-12(11-15-7-9-20-3)14(6-2)17(16-13)8-10-21(4,18)19/h15H,5-11H2,1-4H3. The zero-order chi connectivity index (χ0) is 15.9. The van der Waals surface area contributed by atoms with Gasteiger partial charge < -0.3 is 10.1 Å². The summed E-state index contributed by atoms with van der Waals surface area (Å²) in [5.41, 5.74) is 3.37. The van der Waals surface area contributed by atoms with Gasteiger partial charge in [-0.15, -0.1) is 0 Å². The SMILES string of the molecule is CCc1nn(CCS(C)(=O)=O)c(CC)c1CNCCOC. The van der Waals surface area contributed by atoms with Gasteiger partial charge in [-0.05, 0) is 12.8 Å².